The number of allylic oxidation sites excluding steroid dienone is 2. The second-order valence-corrected chi connectivity index (χ2v) is 8.26. The molecule has 1 saturated carbocycles. The van der Waals surface area contributed by atoms with Gasteiger partial charge in [-0.05, 0) is 68.1 Å². The first-order valence-corrected chi connectivity index (χ1v) is 10.4. The van der Waals surface area contributed by atoms with Gasteiger partial charge < -0.3 is 10.5 Å². The molecule has 138 valence electrons. The molecule has 2 unspecified atom stereocenters. The average molecular weight is 342 g/mol. The topological polar surface area (TPSA) is 35.2 Å². The number of nitrogen functional groups attached to an aromatic ring is 1. The van der Waals surface area contributed by atoms with Gasteiger partial charge in [0, 0.05) is 5.92 Å². The van der Waals surface area contributed by atoms with Gasteiger partial charge in [-0.2, -0.15) is 0 Å². The van der Waals surface area contributed by atoms with Crippen LogP contribution in [0.5, 0.6) is 5.75 Å². The van der Waals surface area contributed by atoms with Gasteiger partial charge in [0.25, 0.3) is 0 Å². The maximum absolute atomic E-state index is 6.13. The first-order valence-electron chi connectivity index (χ1n) is 10.4. The van der Waals surface area contributed by atoms with Crippen LogP contribution in [0, 0.1) is 17.8 Å². The lowest BCUT2D eigenvalue weighted by Gasteiger charge is -2.28. The van der Waals surface area contributed by atoms with E-state index in [1.54, 1.807) is 0 Å². The lowest BCUT2D eigenvalue weighted by molar-refractivity contribution is 0.263. The van der Waals surface area contributed by atoms with Crippen molar-refractivity contribution in [3.63, 3.8) is 0 Å². The van der Waals surface area contributed by atoms with E-state index in [2.05, 4.69) is 31.2 Å². The second kappa shape index (κ2) is 8.78. The normalized spacial score (nSPS) is 29.5. The Bertz CT molecular complexity index is 571. The predicted octanol–water partition coefficient (Wildman–Crippen LogP) is 6.32. The number of hydrogen-bond acceptors (Lipinski definition) is 2. The van der Waals surface area contributed by atoms with Crippen LogP contribution >= 0.6 is 0 Å². The Morgan fingerprint density at radius 3 is 2.44 bits per heavy atom. The van der Waals surface area contributed by atoms with Crippen molar-refractivity contribution in [1.82, 2.24) is 0 Å². The third-order valence-corrected chi connectivity index (χ3v) is 6.31. The second-order valence-electron chi connectivity index (χ2n) is 8.26. The highest BCUT2D eigenvalue weighted by Crippen LogP contribution is 2.37. The first-order chi connectivity index (χ1) is 12.2. The van der Waals surface area contributed by atoms with Gasteiger partial charge in [0.2, 0.25) is 0 Å². The SMILES string of the molecule is CCOc1ccc(C2C=CC(CCC3CCC(C)CC3)CC2)cc1N. The van der Waals surface area contributed by atoms with Gasteiger partial charge in [0.15, 0.2) is 0 Å². The van der Waals surface area contributed by atoms with Gasteiger partial charge in [0.1, 0.15) is 5.75 Å². The van der Waals surface area contributed by atoms with Crippen LogP contribution in [0.2, 0.25) is 0 Å². The summed E-state index contributed by atoms with van der Waals surface area (Å²) < 4.78 is 5.55. The van der Waals surface area contributed by atoms with E-state index in [0.717, 1.165) is 29.2 Å². The molecular weight excluding hydrogens is 306 g/mol. The maximum Gasteiger partial charge on any atom is 0.142 e. The molecule has 0 aliphatic heterocycles. The number of anilines is 1. The summed E-state index contributed by atoms with van der Waals surface area (Å²) in [6.07, 6.45) is 16.1. The molecule has 2 nitrogen and oxygen atoms in total. The Morgan fingerprint density at radius 1 is 1.00 bits per heavy atom. The van der Waals surface area contributed by atoms with Crippen LogP contribution < -0.4 is 10.5 Å². The zero-order valence-corrected chi connectivity index (χ0v) is 16.0. The Balaban J connectivity index is 1.49. The minimum Gasteiger partial charge on any atom is -0.492 e. The summed E-state index contributed by atoms with van der Waals surface area (Å²) in [5.74, 6) is 4.08. The first kappa shape index (κ1) is 18.4. The summed E-state index contributed by atoms with van der Waals surface area (Å²) >= 11 is 0. The molecule has 1 fully saturated rings. The molecule has 0 amide bonds. The molecule has 2 aliphatic carbocycles. The number of hydrogen-bond donors (Lipinski definition) is 1. The van der Waals surface area contributed by atoms with Crippen LogP contribution in [0.15, 0.2) is 30.4 Å². The molecular formula is C23H35NO. The van der Waals surface area contributed by atoms with Crippen LogP contribution in [-0.2, 0) is 0 Å². The fraction of sp³-hybridized carbons (Fsp3) is 0.652. The standard InChI is InChI=1S/C23H35NO/c1-3-25-23-15-14-21(16-22(23)24)20-12-10-19(11-13-20)9-8-18-6-4-17(2)5-7-18/h10,12,14-20H,3-9,11,13,24H2,1-2H3. The minimum absolute atomic E-state index is 0.518. The summed E-state index contributed by atoms with van der Waals surface area (Å²) in [4.78, 5) is 0. The van der Waals surface area contributed by atoms with Crippen LogP contribution in [-0.4, -0.2) is 6.61 Å². The van der Waals surface area contributed by atoms with Crippen LogP contribution in [0.4, 0.5) is 5.69 Å². The van der Waals surface area contributed by atoms with Crippen molar-refractivity contribution in [2.75, 3.05) is 12.3 Å². The monoisotopic (exact) mass is 341 g/mol. The van der Waals surface area contributed by atoms with Gasteiger partial charge in [-0.3, -0.25) is 0 Å². The highest BCUT2D eigenvalue weighted by atomic mass is 16.5. The van der Waals surface area contributed by atoms with Crippen molar-refractivity contribution >= 4 is 5.69 Å². The molecule has 1 aromatic rings. The van der Waals surface area contributed by atoms with E-state index >= 15 is 0 Å². The Labute approximate surface area is 153 Å². The predicted molar refractivity (Wildman–Crippen MR) is 107 cm³/mol. The van der Waals surface area contributed by atoms with Crippen molar-refractivity contribution < 1.29 is 4.74 Å². The molecule has 25 heavy (non-hydrogen) atoms. The highest BCUT2D eigenvalue weighted by Gasteiger charge is 2.21. The van der Waals surface area contributed by atoms with Gasteiger partial charge in [-0.15, -0.1) is 0 Å². The fourth-order valence-corrected chi connectivity index (χ4v) is 4.55. The number of nitrogens with two attached hydrogens (primary N) is 1. The summed E-state index contributed by atoms with van der Waals surface area (Å²) in [6.45, 7) is 5.06. The number of benzene rings is 1. The van der Waals surface area contributed by atoms with Crippen LogP contribution in [0.1, 0.15) is 76.7 Å². The molecule has 0 spiro atoms. The van der Waals surface area contributed by atoms with E-state index in [1.165, 1.54) is 56.9 Å². The zero-order chi connectivity index (χ0) is 17.6. The molecule has 2 aliphatic rings. The summed E-state index contributed by atoms with van der Waals surface area (Å²) in [7, 11) is 0. The summed E-state index contributed by atoms with van der Waals surface area (Å²) in [6, 6.07) is 6.31. The summed E-state index contributed by atoms with van der Waals surface area (Å²) in [5, 5.41) is 0. The molecule has 3 rings (SSSR count). The van der Waals surface area contributed by atoms with Gasteiger partial charge in [-0.1, -0.05) is 50.8 Å². The van der Waals surface area contributed by atoms with E-state index in [0.29, 0.717) is 12.5 Å². The molecule has 2 N–H and O–H groups in total. The Kier molecular flexibility index (Phi) is 6.45. The van der Waals surface area contributed by atoms with E-state index in [4.69, 9.17) is 10.5 Å². The Hall–Kier alpha value is -1.44. The smallest absolute Gasteiger partial charge is 0.142 e. The van der Waals surface area contributed by atoms with Gasteiger partial charge in [-0.25, -0.2) is 0 Å². The zero-order valence-electron chi connectivity index (χ0n) is 16.0. The molecule has 2 heteroatoms. The number of rotatable bonds is 6. The van der Waals surface area contributed by atoms with Crippen molar-refractivity contribution in [3.05, 3.63) is 35.9 Å². The number of ether oxygens (including phenoxy) is 1. The molecule has 0 radical (unpaired) electrons. The van der Waals surface area contributed by atoms with E-state index < -0.39 is 0 Å². The van der Waals surface area contributed by atoms with Crippen LogP contribution in [0.3, 0.4) is 0 Å². The van der Waals surface area contributed by atoms with Crippen molar-refractivity contribution in [2.24, 2.45) is 17.8 Å². The third kappa shape index (κ3) is 5.03. The third-order valence-electron chi connectivity index (χ3n) is 6.31. The Morgan fingerprint density at radius 2 is 1.80 bits per heavy atom. The molecule has 2 atom stereocenters. The average Bonchev–Trinajstić information content (AvgIpc) is 2.63. The molecule has 0 heterocycles. The van der Waals surface area contributed by atoms with Crippen molar-refractivity contribution in [3.8, 4) is 5.75 Å². The lowest BCUT2D eigenvalue weighted by Crippen LogP contribution is -2.14. The lowest BCUT2D eigenvalue weighted by atomic mass is 9.77. The van der Waals surface area contributed by atoms with E-state index in [9.17, 15) is 0 Å². The molecule has 0 aromatic heterocycles. The van der Waals surface area contributed by atoms with Gasteiger partial charge in [0.05, 0.1) is 12.3 Å². The van der Waals surface area contributed by atoms with E-state index in [-0.39, 0.29) is 0 Å². The molecule has 1 aromatic carbocycles. The van der Waals surface area contributed by atoms with Crippen molar-refractivity contribution in [1.29, 1.82) is 0 Å². The maximum atomic E-state index is 6.13. The van der Waals surface area contributed by atoms with Crippen LogP contribution in [0.25, 0.3) is 0 Å². The van der Waals surface area contributed by atoms with E-state index in [1.807, 2.05) is 13.0 Å². The molecule has 0 saturated heterocycles. The van der Waals surface area contributed by atoms with Gasteiger partial charge >= 0.3 is 0 Å². The van der Waals surface area contributed by atoms with Crippen molar-refractivity contribution in [2.45, 2.75) is 71.1 Å². The summed E-state index contributed by atoms with van der Waals surface area (Å²) in [5.41, 5.74) is 8.23. The largest absolute Gasteiger partial charge is 0.492 e. The quantitative estimate of drug-likeness (QED) is 0.485. The molecule has 0 bridgehead atoms. The fourth-order valence-electron chi connectivity index (χ4n) is 4.55. The highest BCUT2D eigenvalue weighted by molar-refractivity contribution is 5.55. The minimum atomic E-state index is 0.518.